The molecule has 4 N–H and O–H groups in total. The Labute approximate surface area is 138 Å². The Morgan fingerprint density at radius 1 is 0.773 bits per heavy atom. The summed E-state index contributed by atoms with van der Waals surface area (Å²) < 4.78 is 0. The summed E-state index contributed by atoms with van der Waals surface area (Å²) in [5.41, 5.74) is 5.40. The molecule has 1 amide bonds. The molecule has 4 heteroatoms. The molecule has 132 valence electrons. The fourth-order valence-corrected chi connectivity index (χ4v) is 2.48. The van der Waals surface area contributed by atoms with E-state index < -0.39 is 0 Å². The SMILES string of the molecule is CCCCCCCCCCCCNC(=O)CCNCCCN. The van der Waals surface area contributed by atoms with Gasteiger partial charge < -0.3 is 16.4 Å². The summed E-state index contributed by atoms with van der Waals surface area (Å²) in [5.74, 6) is 0.163. The Bertz CT molecular complexity index is 234. The van der Waals surface area contributed by atoms with Crippen molar-refractivity contribution in [3.63, 3.8) is 0 Å². The van der Waals surface area contributed by atoms with Gasteiger partial charge in [0.2, 0.25) is 5.91 Å². The minimum absolute atomic E-state index is 0.163. The maximum Gasteiger partial charge on any atom is 0.221 e. The summed E-state index contributed by atoms with van der Waals surface area (Å²) in [6.07, 6.45) is 14.9. The molecule has 4 nitrogen and oxygen atoms in total. The Hall–Kier alpha value is -0.610. The molecule has 0 saturated carbocycles. The van der Waals surface area contributed by atoms with Crippen LogP contribution in [0.4, 0.5) is 0 Å². The van der Waals surface area contributed by atoms with Crippen molar-refractivity contribution in [2.45, 2.75) is 84.0 Å². The molecule has 0 bridgehead atoms. The van der Waals surface area contributed by atoms with Crippen molar-refractivity contribution in [1.82, 2.24) is 10.6 Å². The highest BCUT2D eigenvalue weighted by atomic mass is 16.1. The Balaban J connectivity index is 3.10. The first kappa shape index (κ1) is 21.4. The number of hydrogen-bond acceptors (Lipinski definition) is 3. The number of nitrogens with two attached hydrogens (primary N) is 1. The van der Waals surface area contributed by atoms with Crippen LogP contribution < -0.4 is 16.4 Å². The van der Waals surface area contributed by atoms with Crippen molar-refractivity contribution in [2.24, 2.45) is 5.73 Å². The quantitative estimate of drug-likeness (QED) is 0.361. The summed E-state index contributed by atoms with van der Waals surface area (Å²) in [5, 5.41) is 6.21. The smallest absolute Gasteiger partial charge is 0.221 e. The standard InChI is InChI=1S/C18H39N3O/c1-2-3-4-5-6-7-8-9-10-11-16-21-18(22)13-17-20-15-12-14-19/h20H,2-17,19H2,1H3,(H,21,22). The molecular weight excluding hydrogens is 274 g/mol. The first-order chi connectivity index (χ1) is 10.8. The number of hydrogen-bond donors (Lipinski definition) is 3. The summed E-state index contributed by atoms with van der Waals surface area (Å²) in [6.45, 7) is 5.46. The van der Waals surface area contributed by atoms with E-state index in [9.17, 15) is 4.79 Å². The van der Waals surface area contributed by atoms with Crippen LogP contribution in [0.1, 0.15) is 84.0 Å². The lowest BCUT2D eigenvalue weighted by Gasteiger charge is -2.06. The molecule has 0 aromatic rings. The zero-order valence-corrected chi connectivity index (χ0v) is 14.8. The topological polar surface area (TPSA) is 67.2 Å². The average molecular weight is 314 g/mol. The molecule has 0 aliphatic heterocycles. The molecule has 0 heterocycles. The third kappa shape index (κ3) is 17.4. The molecule has 0 unspecified atom stereocenters. The predicted molar refractivity (Wildman–Crippen MR) is 96.0 cm³/mol. The van der Waals surface area contributed by atoms with Gasteiger partial charge in [-0.1, -0.05) is 64.7 Å². The van der Waals surface area contributed by atoms with Gasteiger partial charge in [-0.05, 0) is 25.9 Å². The minimum atomic E-state index is 0.163. The van der Waals surface area contributed by atoms with Crippen LogP contribution in [0.5, 0.6) is 0 Å². The van der Waals surface area contributed by atoms with Crippen molar-refractivity contribution in [2.75, 3.05) is 26.2 Å². The second-order valence-corrected chi connectivity index (χ2v) is 6.17. The van der Waals surface area contributed by atoms with Gasteiger partial charge in [-0.2, -0.15) is 0 Å². The fraction of sp³-hybridized carbons (Fsp3) is 0.944. The number of carbonyl (C=O) groups is 1. The van der Waals surface area contributed by atoms with Crippen LogP contribution in [0.2, 0.25) is 0 Å². The van der Waals surface area contributed by atoms with Gasteiger partial charge in [-0.25, -0.2) is 0 Å². The molecule has 0 aromatic heterocycles. The molecule has 0 spiro atoms. The van der Waals surface area contributed by atoms with Crippen LogP contribution in [0.25, 0.3) is 0 Å². The normalized spacial score (nSPS) is 10.8. The monoisotopic (exact) mass is 313 g/mol. The molecule has 0 aliphatic carbocycles. The second kappa shape index (κ2) is 18.4. The summed E-state index contributed by atoms with van der Waals surface area (Å²) in [6, 6.07) is 0. The first-order valence-corrected chi connectivity index (χ1v) is 9.48. The van der Waals surface area contributed by atoms with E-state index in [1.54, 1.807) is 0 Å². The minimum Gasteiger partial charge on any atom is -0.356 e. The van der Waals surface area contributed by atoms with Crippen LogP contribution in [0.15, 0.2) is 0 Å². The molecule has 22 heavy (non-hydrogen) atoms. The zero-order chi connectivity index (χ0) is 16.3. The number of amides is 1. The molecule has 0 aromatic carbocycles. The van der Waals surface area contributed by atoms with Crippen molar-refractivity contribution >= 4 is 5.91 Å². The van der Waals surface area contributed by atoms with Gasteiger partial charge in [0.15, 0.2) is 0 Å². The van der Waals surface area contributed by atoms with Gasteiger partial charge in [0.1, 0.15) is 0 Å². The van der Waals surface area contributed by atoms with Crippen molar-refractivity contribution in [3.8, 4) is 0 Å². The molecular formula is C18H39N3O. The number of unbranched alkanes of at least 4 members (excludes halogenated alkanes) is 9. The largest absolute Gasteiger partial charge is 0.356 e. The van der Waals surface area contributed by atoms with Gasteiger partial charge in [-0.3, -0.25) is 4.79 Å². The highest BCUT2D eigenvalue weighted by Crippen LogP contribution is 2.10. The molecule has 0 saturated heterocycles. The maximum absolute atomic E-state index is 11.6. The predicted octanol–water partition coefficient (Wildman–Crippen LogP) is 3.35. The lowest BCUT2D eigenvalue weighted by molar-refractivity contribution is -0.121. The second-order valence-electron chi connectivity index (χ2n) is 6.17. The van der Waals surface area contributed by atoms with Gasteiger partial charge in [0, 0.05) is 19.5 Å². The molecule has 0 fully saturated rings. The Morgan fingerprint density at radius 2 is 1.36 bits per heavy atom. The van der Waals surface area contributed by atoms with Gasteiger partial charge in [0.25, 0.3) is 0 Å². The van der Waals surface area contributed by atoms with E-state index in [4.69, 9.17) is 5.73 Å². The lowest BCUT2D eigenvalue weighted by Crippen LogP contribution is -2.29. The van der Waals surface area contributed by atoms with Gasteiger partial charge in [-0.15, -0.1) is 0 Å². The van der Waals surface area contributed by atoms with Crippen molar-refractivity contribution < 1.29 is 4.79 Å². The van der Waals surface area contributed by atoms with Crippen LogP contribution in [0, 0.1) is 0 Å². The highest BCUT2D eigenvalue weighted by molar-refractivity contribution is 5.75. The van der Waals surface area contributed by atoms with E-state index in [2.05, 4.69) is 17.6 Å². The number of nitrogens with one attached hydrogen (secondary N) is 2. The van der Waals surface area contributed by atoms with Gasteiger partial charge >= 0.3 is 0 Å². The third-order valence-corrected chi connectivity index (χ3v) is 3.94. The van der Waals surface area contributed by atoms with Crippen LogP contribution >= 0.6 is 0 Å². The van der Waals surface area contributed by atoms with Crippen LogP contribution in [-0.2, 0) is 4.79 Å². The van der Waals surface area contributed by atoms with Crippen LogP contribution in [-0.4, -0.2) is 32.1 Å². The Kier molecular flexibility index (Phi) is 17.9. The molecule has 0 aliphatic rings. The van der Waals surface area contributed by atoms with E-state index in [-0.39, 0.29) is 5.91 Å². The summed E-state index contributed by atoms with van der Waals surface area (Å²) >= 11 is 0. The third-order valence-electron chi connectivity index (χ3n) is 3.94. The average Bonchev–Trinajstić information content (AvgIpc) is 2.52. The van der Waals surface area contributed by atoms with E-state index in [1.807, 2.05) is 0 Å². The lowest BCUT2D eigenvalue weighted by atomic mass is 10.1. The van der Waals surface area contributed by atoms with Crippen molar-refractivity contribution in [3.05, 3.63) is 0 Å². The fourth-order valence-electron chi connectivity index (χ4n) is 2.48. The Morgan fingerprint density at radius 3 is 1.95 bits per heavy atom. The molecule has 0 radical (unpaired) electrons. The highest BCUT2D eigenvalue weighted by Gasteiger charge is 1.99. The summed E-state index contributed by atoms with van der Waals surface area (Å²) in [4.78, 5) is 11.6. The van der Waals surface area contributed by atoms with E-state index >= 15 is 0 Å². The number of carbonyl (C=O) groups excluding carboxylic acids is 1. The van der Waals surface area contributed by atoms with Crippen molar-refractivity contribution in [1.29, 1.82) is 0 Å². The first-order valence-electron chi connectivity index (χ1n) is 9.48. The zero-order valence-electron chi connectivity index (χ0n) is 14.8. The van der Waals surface area contributed by atoms with Gasteiger partial charge in [0.05, 0.1) is 0 Å². The molecule has 0 rings (SSSR count). The van der Waals surface area contributed by atoms with E-state index in [0.717, 1.165) is 32.5 Å². The number of rotatable bonds is 17. The maximum atomic E-state index is 11.6. The van der Waals surface area contributed by atoms with Crippen LogP contribution in [0.3, 0.4) is 0 Å². The van der Waals surface area contributed by atoms with E-state index in [1.165, 1.54) is 57.8 Å². The summed E-state index contributed by atoms with van der Waals surface area (Å²) in [7, 11) is 0. The van der Waals surface area contributed by atoms with E-state index in [0.29, 0.717) is 13.0 Å². The molecule has 0 atom stereocenters.